The highest BCUT2D eigenvalue weighted by atomic mass is 19.1. The summed E-state index contributed by atoms with van der Waals surface area (Å²) in [4.78, 5) is 26.9. The molecule has 0 saturated heterocycles. The zero-order chi connectivity index (χ0) is 22.6. The lowest BCUT2D eigenvalue weighted by Gasteiger charge is -2.22. The molecule has 0 unspecified atom stereocenters. The molecular formula is C22H21F2N5O2. The van der Waals surface area contributed by atoms with Gasteiger partial charge in [0.15, 0.2) is 0 Å². The lowest BCUT2D eigenvalue weighted by molar-refractivity contribution is 0.153. The Morgan fingerprint density at radius 2 is 1.61 bits per heavy atom. The molecule has 0 saturated carbocycles. The molecule has 0 radical (unpaired) electrons. The summed E-state index contributed by atoms with van der Waals surface area (Å²) in [5.41, 5.74) is -0.0815. The number of halogens is 2. The number of anilines is 3. The molecule has 1 heterocycles. The van der Waals surface area contributed by atoms with E-state index < -0.39 is 23.3 Å². The highest BCUT2D eigenvalue weighted by Gasteiger charge is 2.21. The number of nitrogens with zero attached hydrogens (tertiary/aromatic N) is 4. The molecule has 2 N–H and O–H groups in total. The molecule has 0 bridgehead atoms. The van der Waals surface area contributed by atoms with Gasteiger partial charge in [0.05, 0.1) is 11.3 Å². The van der Waals surface area contributed by atoms with Crippen molar-refractivity contribution in [2.24, 2.45) is 4.99 Å². The fraction of sp³-hybridized carbons (Fsp3) is 0.182. The Hall–Kier alpha value is -3.72. The largest absolute Gasteiger partial charge is 0.385 e. The van der Waals surface area contributed by atoms with Crippen LogP contribution < -0.4 is 10.2 Å². The van der Waals surface area contributed by atoms with Crippen LogP contribution in [0.2, 0.25) is 0 Å². The second kappa shape index (κ2) is 8.97. The number of urea groups is 1. The fourth-order valence-corrected chi connectivity index (χ4v) is 2.46. The Morgan fingerprint density at radius 3 is 2.19 bits per heavy atom. The van der Waals surface area contributed by atoms with Gasteiger partial charge in [-0.25, -0.2) is 28.5 Å². The molecule has 9 heteroatoms. The summed E-state index contributed by atoms with van der Waals surface area (Å²) >= 11 is 0. The van der Waals surface area contributed by atoms with Gasteiger partial charge in [0.25, 0.3) is 5.95 Å². The van der Waals surface area contributed by atoms with E-state index in [4.69, 9.17) is 0 Å². The van der Waals surface area contributed by atoms with Crippen LogP contribution >= 0.6 is 0 Å². The van der Waals surface area contributed by atoms with Crippen molar-refractivity contribution in [3.05, 3.63) is 72.4 Å². The summed E-state index contributed by atoms with van der Waals surface area (Å²) < 4.78 is 26.6. The third kappa shape index (κ3) is 5.67. The summed E-state index contributed by atoms with van der Waals surface area (Å²) in [5, 5.41) is 12.7. The van der Waals surface area contributed by atoms with Crippen LogP contribution in [0.5, 0.6) is 0 Å². The summed E-state index contributed by atoms with van der Waals surface area (Å²) in [6.07, 6.45) is 1.42. The molecule has 0 aliphatic carbocycles. The number of carbonyl (C=O) groups excluding carboxylic acids is 1. The minimum atomic E-state index is -1.17. The maximum atomic E-state index is 13.4. The Labute approximate surface area is 178 Å². The Morgan fingerprint density at radius 1 is 1.03 bits per heavy atom. The van der Waals surface area contributed by atoms with E-state index in [2.05, 4.69) is 20.3 Å². The number of hydrogen-bond donors (Lipinski definition) is 2. The van der Waals surface area contributed by atoms with E-state index in [9.17, 15) is 18.7 Å². The van der Waals surface area contributed by atoms with Crippen molar-refractivity contribution in [2.75, 3.05) is 10.2 Å². The molecule has 0 fully saturated rings. The number of hydrogen-bond acceptors (Lipinski definition) is 5. The molecule has 7 nitrogen and oxygen atoms in total. The van der Waals surface area contributed by atoms with Crippen molar-refractivity contribution in [3.8, 4) is 0 Å². The van der Waals surface area contributed by atoms with Crippen LogP contribution in [-0.2, 0) is 0 Å². The van der Waals surface area contributed by atoms with E-state index >= 15 is 0 Å². The lowest BCUT2D eigenvalue weighted by Crippen LogP contribution is -2.31. The van der Waals surface area contributed by atoms with Crippen LogP contribution in [-0.4, -0.2) is 32.4 Å². The number of aliphatic hydroxyl groups is 1. The highest BCUT2D eigenvalue weighted by Crippen LogP contribution is 2.26. The van der Waals surface area contributed by atoms with E-state index in [-0.39, 0.29) is 11.8 Å². The molecule has 31 heavy (non-hydrogen) atoms. The molecule has 0 atom stereocenters. The van der Waals surface area contributed by atoms with Crippen molar-refractivity contribution >= 4 is 34.9 Å². The van der Waals surface area contributed by atoms with Gasteiger partial charge in [0.2, 0.25) is 0 Å². The van der Waals surface area contributed by atoms with Crippen molar-refractivity contribution in [1.82, 2.24) is 9.97 Å². The first-order chi connectivity index (χ1) is 14.6. The van der Waals surface area contributed by atoms with Crippen molar-refractivity contribution in [3.63, 3.8) is 0 Å². The molecule has 1 aromatic heterocycles. The lowest BCUT2D eigenvalue weighted by atomic mass is 10.1. The SMILES string of the molecule is CC(=Nc1nccc(N(C(=O)Nc2ccc(F)cc2)c2ccc(F)cc2)n1)C(C)(C)O. The summed E-state index contributed by atoms with van der Waals surface area (Å²) in [5.74, 6) is -0.687. The second-order valence-electron chi connectivity index (χ2n) is 7.22. The van der Waals surface area contributed by atoms with Crippen LogP contribution in [0.1, 0.15) is 20.8 Å². The Bertz CT molecular complexity index is 1090. The van der Waals surface area contributed by atoms with E-state index in [0.717, 1.165) is 0 Å². The van der Waals surface area contributed by atoms with Gasteiger partial charge < -0.3 is 10.4 Å². The molecule has 0 aliphatic heterocycles. The van der Waals surface area contributed by atoms with Gasteiger partial charge in [-0.05, 0) is 69.3 Å². The second-order valence-corrected chi connectivity index (χ2v) is 7.22. The number of nitrogens with one attached hydrogen (secondary N) is 1. The monoisotopic (exact) mass is 425 g/mol. The minimum Gasteiger partial charge on any atom is -0.385 e. The van der Waals surface area contributed by atoms with Crippen LogP contribution in [0.4, 0.5) is 36.7 Å². The normalized spacial score (nSPS) is 11.9. The molecule has 2 aromatic carbocycles. The van der Waals surface area contributed by atoms with Crippen LogP contribution in [0.15, 0.2) is 65.8 Å². The van der Waals surface area contributed by atoms with E-state index in [1.807, 2.05) is 0 Å². The number of aromatic nitrogens is 2. The fourth-order valence-electron chi connectivity index (χ4n) is 2.46. The maximum absolute atomic E-state index is 13.4. The Balaban J connectivity index is 2.00. The molecule has 3 aromatic rings. The summed E-state index contributed by atoms with van der Waals surface area (Å²) in [7, 11) is 0. The molecule has 160 valence electrons. The molecule has 0 aliphatic rings. The third-order valence-electron chi connectivity index (χ3n) is 4.39. The number of carbonyl (C=O) groups is 1. The van der Waals surface area contributed by atoms with Gasteiger partial charge in [0, 0.05) is 23.7 Å². The first-order valence-corrected chi connectivity index (χ1v) is 9.37. The van der Waals surface area contributed by atoms with Gasteiger partial charge >= 0.3 is 6.03 Å². The standard InChI is InChI=1S/C22H21F2N5O2/c1-14(22(2,3)31)26-20-25-13-12-19(28-20)29(18-10-6-16(24)7-11-18)21(30)27-17-8-4-15(23)5-9-17/h4-13,31H,1-3H3,(H,27,30). The van der Waals surface area contributed by atoms with Crippen LogP contribution in [0, 0.1) is 11.6 Å². The molecular weight excluding hydrogens is 404 g/mol. The van der Waals surface area contributed by atoms with E-state index in [1.165, 1.54) is 65.7 Å². The van der Waals surface area contributed by atoms with Crippen molar-refractivity contribution in [1.29, 1.82) is 0 Å². The van der Waals surface area contributed by atoms with Gasteiger partial charge in [-0.2, -0.15) is 4.98 Å². The topological polar surface area (TPSA) is 90.7 Å². The van der Waals surface area contributed by atoms with Crippen LogP contribution in [0.25, 0.3) is 0 Å². The number of benzene rings is 2. The van der Waals surface area contributed by atoms with E-state index in [0.29, 0.717) is 17.1 Å². The Kier molecular flexibility index (Phi) is 6.36. The van der Waals surface area contributed by atoms with Crippen LogP contribution in [0.3, 0.4) is 0 Å². The van der Waals surface area contributed by atoms with E-state index in [1.54, 1.807) is 20.8 Å². The number of aliphatic imine (C=N–C) groups is 1. The number of amides is 2. The first-order valence-electron chi connectivity index (χ1n) is 9.37. The zero-order valence-corrected chi connectivity index (χ0v) is 17.2. The zero-order valence-electron chi connectivity index (χ0n) is 17.2. The quantitative estimate of drug-likeness (QED) is 0.564. The van der Waals surface area contributed by atoms with Gasteiger partial charge in [-0.1, -0.05) is 0 Å². The predicted octanol–water partition coefficient (Wildman–Crippen LogP) is 4.99. The average Bonchev–Trinajstić information content (AvgIpc) is 2.71. The van der Waals surface area contributed by atoms with Gasteiger partial charge in [0.1, 0.15) is 17.5 Å². The smallest absolute Gasteiger partial charge is 0.332 e. The molecule has 0 spiro atoms. The van der Waals surface area contributed by atoms with Gasteiger partial charge in [-0.3, -0.25) is 0 Å². The summed E-state index contributed by atoms with van der Waals surface area (Å²) in [6.45, 7) is 4.79. The van der Waals surface area contributed by atoms with Gasteiger partial charge in [-0.15, -0.1) is 0 Å². The summed E-state index contributed by atoms with van der Waals surface area (Å²) in [6, 6.07) is 11.4. The minimum absolute atomic E-state index is 0.0406. The molecule has 3 rings (SSSR count). The average molecular weight is 425 g/mol. The van der Waals surface area contributed by atoms with Crippen molar-refractivity contribution < 1.29 is 18.7 Å². The number of rotatable bonds is 5. The predicted molar refractivity (Wildman–Crippen MR) is 115 cm³/mol. The highest BCUT2D eigenvalue weighted by molar-refractivity contribution is 6.06. The molecule has 2 amide bonds. The first kappa shape index (κ1) is 22.0. The third-order valence-corrected chi connectivity index (χ3v) is 4.39. The maximum Gasteiger partial charge on any atom is 0.332 e. The van der Waals surface area contributed by atoms with Crippen molar-refractivity contribution in [2.45, 2.75) is 26.4 Å².